The molecular formula is C20H22FN3O3. The van der Waals surface area contributed by atoms with Crippen molar-refractivity contribution in [2.24, 2.45) is 4.99 Å². The summed E-state index contributed by atoms with van der Waals surface area (Å²) in [5.41, 5.74) is 0.828. The molecule has 27 heavy (non-hydrogen) atoms. The second-order valence-corrected chi connectivity index (χ2v) is 7.17. The van der Waals surface area contributed by atoms with E-state index in [1.54, 1.807) is 19.1 Å². The number of Topliss-reactive ketones (excluding diaryl/α,β-unsaturated/α-hetero) is 2. The highest BCUT2D eigenvalue weighted by molar-refractivity contribution is 6.27. The molecule has 0 unspecified atom stereocenters. The molecule has 0 aromatic heterocycles. The van der Waals surface area contributed by atoms with Crippen molar-refractivity contribution in [3.05, 3.63) is 46.6 Å². The van der Waals surface area contributed by atoms with Crippen molar-refractivity contribution >= 4 is 17.8 Å². The van der Waals surface area contributed by atoms with Crippen molar-refractivity contribution in [2.45, 2.75) is 31.9 Å². The number of allylic oxidation sites excluding steroid dienone is 2. The van der Waals surface area contributed by atoms with Crippen LogP contribution in [0.1, 0.15) is 29.9 Å². The van der Waals surface area contributed by atoms with Crippen LogP contribution in [-0.2, 0) is 14.3 Å². The molecule has 2 heterocycles. The molecule has 1 aromatic rings. The molecule has 0 bridgehead atoms. The number of halogens is 1. The zero-order valence-electron chi connectivity index (χ0n) is 15.2. The van der Waals surface area contributed by atoms with Crippen LogP contribution in [0.5, 0.6) is 0 Å². The smallest absolute Gasteiger partial charge is 0.215 e. The normalized spacial score (nSPS) is 25.3. The van der Waals surface area contributed by atoms with Crippen LogP contribution in [0.2, 0.25) is 0 Å². The summed E-state index contributed by atoms with van der Waals surface area (Å²) in [6.45, 7) is 5.45. The van der Waals surface area contributed by atoms with E-state index in [0.717, 1.165) is 19.6 Å². The zero-order chi connectivity index (χ0) is 19.0. The Bertz CT molecular complexity index is 843. The van der Waals surface area contributed by atoms with E-state index in [2.05, 4.69) is 15.2 Å². The van der Waals surface area contributed by atoms with Crippen LogP contribution in [0.4, 0.5) is 4.39 Å². The fourth-order valence-corrected chi connectivity index (χ4v) is 3.71. The molecule has 0 amide bonds. The fraction of sp³-hybridized carbons (Fsp3) is 0.450. The predicted molar refractivity (Wildman–Crippen MR) is 98.0 cm³/mol. The summed E-state index contributed by atoms with van der Waals surface area (Å²) in [6, 6.07) is 4.41. The second kappa shape index (κ2) is 7.32. The Kier molecular flexibility index (Phi) is 4.88. The number of nitrogens with one attached hydrogen (secondary N) is 1. The van der Waals surface area contributed by atoms with Gasteiger partial charge in [0.15, 0.2) is 23.5 Å². The molecule has 1 N–H and O–H groups in total. The second-order valence-electron chi connectivity index (χ2n) is 7.17. The van der Waals surface area contributed by atoms with Crippen molar-refractivity contribution in [3.8, 4) is 0 Å². The quantitative estimate of drug-likeness (QED) is 0.798. The highest BCUT2D eigenvalue weighted by atomic mass is 19.1. The van der Waals surface area contributed by atoms with Crippen LogP contribution in [0, 0.1) is 12.7 Å². The lowest BCUT2D eigenvalue weighted by atomic mass is 9.93. The molecule has 2 aliphatic heterocycles. The van der Waals surface area contributed by atoms with E-state index in [1.165, 1.54) is 25.1 Å². The number of hydrogen-bond acceptors (Lipinski definition) is 6. The Balaban J connectivity index is 1.42. The zero-order valence-corrected chi connectivity index (χ0v) is 15.2. The van der Waals surface area contributed by atoms with Crippen molar-refractivity contribution in [3.63, 3.8) is 0 Å². The summed E-state index contributed by atoms with van der Waals surface area (Å²) in [4.78, 5) is 31.9. The molecule has 0 radical (unpaired) electrons. The third kappa shape index (κ3) is 3.44. The van der Waals surface area contributed by atoms with Crippen molar-refractivity contribution in [1.82, 2.24) is 10.2 Å². The number of nitrogens with zero attached hydrogens (tertiary/aromatic N) is 2. The first-order valence-electron chi connectivity index (χ1n) is 9.30. The first-order valence-corrected chi connectivity index (χ1v) is 9.30. The van der Waals surface area contributed by atoms with Gasteiger partial charge in [-0.2, -0.15) is 0 Å². The topological polar surface area (TPSA) is 71.0 Å². The van der Waals surface area contributed by atoms with Gasteiger partial charge in [-0.1, -0.05) is 12.1 Å². The van der Waals surface area contributed by atoms with Crippen molar-refractivity contribution in [2.75, 3.05) is 26.2 Å². The molecule has 0 saturated carbocycles. The third-order valence-electron chi connectivity index (χ3n) is 5.28. The van der Waals surface area contributed by atoms with Crippen LogP contribution >= 0.6 is 0 Å². The van der Waals surface area contributed by atoms with Gasteiger partial charge < -0.3 is 9.64 Å². The number of hydrogen-bond donors (Lipinski definition) is 1. The van der Waals surface area contributed by atoms with Gasteiger partial charge in [-0.05, 0) is 50.0 Å². The molecular weight excluding hydrogens is 349 g/mol. The SMILES string of the molecule is Cc1ccc([C@H]2C(=O)C3=C(O[C@H](NCCN4CCCC4)C=N3)C2=O)cc1F. The highest BCUT2D eigenvalue weighted by Crippen LogP contribution is 2.36. The van der Waals surface area contributed by atoms with Crippen LogP contribution in [-0.4, -0.2) is 55.1 Å². The Morgan fingerprint density at radius 1 is 1.26 bits per heavy atom. The molecule has 1 fully saturated rings. The van der Waals surface area contributed by atoms with Crippen LogP contribution in [0.3, 0.4) is 0 Å². The van der Waals surface area contributed by atoms with Crippen LogP contribution < -0.4 is 5.32 Å². The molecule has 4 rings (SSSR count). The van der Waals surface area contributed by atoms with Gasteiger partial charge in [-0.25, -0.2) is 9.38 Å². The largest absolute Gasteiger partial charge is 0.464 e. The number of ether oxygens (including phenoxy) is 1. The van der Waals surface area contributed by atoms with Gasteiger partial charge in [0, 0.05) is 13.1 Å². The molecule has 1 saturated heterocycles. The summed E-state index contributed by atoms with van der Waals surface area (Å²) < 4.78 is 19.6. The maximum absolute atomic E-state index is 13.9. The lowest BCUT2D eigenvalue weighted by molar-refractivity contribution is -0.124. The summed E-state index contributed by atoms with van der Waals surface area (Å²) in [5.74, 6) is -2.44. The minimum Gasteiger partial charge on any atom is -0.464 e. The molecule has 6 nitrogen and oxygen atoms in total. The maximum atomic E-state index is 13.9. The van der Waals surface area contributed by atoms with Gasteiger partial charge in [0.2, 0.25) is 5.78 Å². The molecule has 142 valence electrons. The molecule has 1 aromatic carbocycles. The number of ketones is 2. The average Bonchev–Trinajstić information content (AvgIpc) is 3.25. The first-order chi connectivity index (χ1) is 13.0. The monoisotopic (exact) mass is 371 g/mol. The average molecular weight is 371 g/mol. The van der Waals surface area contributed by atoms with E-state index in [1.807, 2.05) is 0 Å². The maximum Gasteiger partial charge on any atom is 0.215 e. The number of aliphatic imine (C=N–C) groups is 1. The minimum atomic E-state index is -1.08. The summed E-state index contributed by atoms with van der Waals surface area (Å²) in [7, 11) is 0. The predicted octanol–water partition coefficient (Wildman–Crippen LogP) is 1.69. The lowest BCUT2D eigenvalue weighted by Gasteiger charge is -2.21. The molecule has 1 aliphatic carbocycles. The minimum absolute atomic E-state index is 0.0212. The number of likely N-dealkylation sites (tertiary alicyclic amines) is 1. The van der Waals surface area contributed by atoms with Gasteiger partial charge in [-0.3, -0.25) is 14.9 Å². The molecule has 3 aliphatic rings. The lowest BCUT2D eigenvalue weighted by Crippen LogP contribution is -2.40. The molecule has 2 atom stereocenters. The van der Waals surface area contributed by atoms with Crippen LogP contribution in [0.25, 0.3) is 0 Å². The van der Waals surface area contributed by atoms with Gasteiger partial charge in [-0.15, -0.1) is 0 Å². The van der Waals surface area contributed by atoms with E-state index in [0.29, 0.717) is 17.7 Å². The van der Waals surface area contributed by atoms with Crippen molar-refractivity contribution < 1.29 is 18.7 Å². The Morgan fingerprint density at radius 3 is 2.78 bits per heavy atom. The van der Waals surface area contributed by atoms with Gasteiger partial charge >= 0.3 is 0 Å². The Morgan fingerprint density at radius 2 is 2.04 bits per heavy atom. The van der Waals surface area contributed by atoms with Crippen molar-refractivity contribution in [1.29, 1.82) is 0 Å². The summed E-state index contributed by atoms with van der Waals surface area (Å²) >= 11 is 0. The molecule has 7 heteroatoms. The van der Waals surface area contributed by atoms with E-state index < -0.39 is 29.5 Å². The number of carbonyl (C=O) groups is 2. The number of carbonyl (C=O) groups excluding carboxylic acids is 2. The molecule has 0 spiro atoms. The van der Waals surface area contributed by atoms with E-state index in [4.69, 9.17) is 4.74 Å². The van der Waals surface area contributed by atoms with E-state index in [9.17, 15) is 14.0 Å². The van der Waals surface area contributed by atoms with E-state index >= 15 is 0 Å². The third-order valence-corrected chi connectivity index (χ3v) is 5.28. The number of benzene rings is 1. The highest BCUT2D eigenvalue weighted by Gasteiger charge is 2.45. The van der Waals surface area contributed by atoms with Gasteiger partial charge in [0.1, 0.15) is 11.7 Å². The van der Waals surface area contributed by atoms with Gasteiger partial charge in [0.05, 0.1) is 6.21 Å². The Hall–Kier alpha value is -2.38. The first kappa shape index (κ1) is 18.0. The van der Waals surface area contributed by atoms with Gasteiger partial charge in [0.25, 0.3) is 0 Å². The van der Waals surface area contributed by atoms with E-state index in [-0.39, 0.29) is 11.5 Å². The Labute approximate surface area is 157 Å². The standard InChI is InChI=1S/C20H22FN3O3/c1-12-4-5-13(10-14(12)21)16-18(25)17-20(19(16)26)27-15(11-23-17)22-6-9-24-7-2-3-8-24/h4-5,10-11,15-16,22H,2-3,6-9H2,1H3/t15-,16-/m0/s1. The summed E-state index contributed by atoms with van der Waals surface area (Å²) in [6.07, 6.45) is 3.42. The number of rotatable bonds is 5. The number of aryl methyl sites for hydroxylation is 1. The fourth-order valence-electron chi connectivity index (χ4n) is 3.71. The van der Waals surface area contributed by atoms with Crippen LogP contribution in [0.15, 0.2) is 34.6 Å². The summed E-state index contributed by atoms with van der Waals surface area (Å²) in [5, 5.41) is 3.20.